The molecule has 2 aromatic rings. The molecule has 2 aliphatic heterocycles. The number of fused-ring (bicyclic) bond motifs is 1. The van der Waals surface area contributed by atoms with Gasteiger partial charge in [0.2, 0.25) is 6.04 Å². The quantitative estimate of drug-likeness (QED) is 0.135. The number of carbonyl (C=O) groups is 3. The van der Waals surface area contributed by atoms with E-state index in [0.717, 1.165) is 28.0 Å². The Bertz CT molecular complexity index is 1380. The molecule has 0 bridgehead atoms. The van der Waals surface area contributed by atoms with Crippen LogP contribution in [0.1, 0.15) is 11.7 Å². The van der Waals surface area contributed by atoms with Gasteiger partial charge in [-0.3, -0.25) is 33.9 Å². The highest BCUT2D eigenvalue weighted by Crippen LogP contribution is 2.41. The van der Waals surface area contributed by atoms with Crippen LogP contribution in [-0.2, 0) is 21.4 Å². The number of carbonyl (C=O) groups excluding carboxylic acids is 2. The Morgan fingerprint density at radius 2 is 2.14 bits per heavy atom. The second kappa shape index (κ2) is 9.62. The Kier molecular flexibility index (Phi) is 6.77. The molecule has 2 amide bonds. The van der Waals surface area contributed by atoms with Crippen molar-refractivity contribution in [3.05, 3.63) is 48.0 Å². The summed E-state index contributed by atoms with van der Waals surface area (Å²) in [5.74, 6) is -2.55. The maximum absolute atomic E-state index is 12.8. The number of hydrogen-bond donors (Lipinski definition) is 4. The fraction of sp³-hybridized carbons (Fsp3) is 0.353. The highest BCUT2D eigenvalue weighted by molar-refractivity contribution is 8.01. The lowest BCUT2D eigenvalue weighted by Gasteiger charge is -2.49. The predicted octanol–water partition coefficient (Wildman–Crippen LogP) is -1.15. The number of aryl methyl sites for hydroxylation is 1. The number of carboxylic acid groups (broad SMARTS) is 1. The number of rotatable bonds is 8. The summed E-state index contributed by atoms with van der Waals surface area (Å²) >= 11 is 3.27. The summed E-state index contributed by atoms with van der Waals surface area (Å²) in [6.45, 7) is 0. The van der Waals surface area contributed by atoms with Gasteiger partial charge in [0.05, 0.1) is 5.69 Å². The lowest BCUT2D eigenvalue weighted by atomic mass is 10.0. The number of carboxylic acids is 1. The van der Waals surface area contributed by atoms with Gasteiger partial charge in [0, 0.05) is 23.9 Å². The summed E-state index contributed by atoms with van der Waals surface area (Å²) < 4.78 is 1.24. The van der Waals surface area contributed by atoms with Crippen LogP contribution in [0.15, 0.2) is 36.6 Å². The smallest absolute Gasteiger partial charge is 0.352 e. The Hall–Kier alpha value is -3.51. The SMILES string of the molecule is Cn1[nH]c(=O)c(=O)nc1SCC1=C(C(=O)O)N2C(=O)[C@@H](NC(=O)C(N=O)c3csc(N)n3)[C@H]2SC1. The van der Waals surface area contributed by atoms with Crippen molar-refractivity contribution in [1.29, 1.82) is 0 Å². The third-order valence-electron chi connectivity index (χ3n) is 5.04. The largest absolute Gasteiger partial charge is 0.477 e. The number of nitrogens with zero attached hydrogens (tertiary/aromatic N) is 5. The molecule has 2 aromatic heterocycles. The van der Waals surface area contributed by atoms with E-state index in [2.05, 4.69) is 25.6 Å². The molecule has 15 nitrogen and oxygen atoms in total. The van der Waals surface area contributed by atoms with Gasteiger partial charge >= 0.3 is 17.1 Å². The van der Waals surface area contributed by atoms with Crippen molar-refractivity contribution in [3.63, 3.8) is 0 Å². The number of hydrogen-bond acceptors (Lipinski definition) is 13. The molecule has 4 heterocycles. The number of thiazole rings is 1. The van der Waals surface area contributed by atoms with Gasteiger partial charge in [0.1, 0.15) is 17.1 Å². The van der Waals surface area contributed by atoms with E-state index >= 15 is 0 Å². The van der Waals surface area contributed by atoms with Crippen LogP contribution in [0.2, 0.25) is 0 Å². The normalized spacial score (nSPS) is 20.1. The summed E-state index contributed by atoms with van der Waals surface area (Å²) in [6.07, 6.45) is 0. The first-order valence-electron chi connectivity index (χ1n) is 9.66. The third-order valence-corrected chi connectivity index (χ3v) is 8.19. The number of nitrogen functional groups attached to an aromatic ring is 1. The predicted molar refractivity (Wildman–Crippen MR) is 126 cm³/mol. The third kappa shape index (κ3) is 4.58. The second-order valence-electron chi connectivity index (χ2n) is 7.26. The number of nitroso groups, excluding NO2 is 1. The molecule has 2 aliphatic rings. The van der Waals surface area contributed by atoms with Crippen LogP contribution in [0.3, 0.4) is 0 Å². The molecule has 35 heavy (non-hydrogen) atoms. The summed E-state index contributed by atoms with van der Waals surface area (Å²) in [5, 5.41) is 18.3. The second-order valence-corrected chi connectivity index (χ2v) is 10.2. The van der Waals surface area contributed by atoms with Gasteiger partial charge in [-0.05, 0) is 10.7 Å². The molecule has 0 saturated carbocycles. The first kappa shape index (κ1) is 24.6. The minimum absolute atomic E-state index is 0.0515. The molecule has 3 atom stereocenters. The van der Waals surface area contributed by atoms with E-state index in [1.54, 1.807) is 0 Å². The minimum atomic E-state index is -1.50. The lowest BCUT2D eigenvalue weighted by Crippen LogP contribution is -2.70. The number of H-pyrrole nitrogens is 1. The van der Waals surface area contributed by atoms with Crippen molar-refractivity contribution < 1.29 is 19.5 Å². The molecule has 1 unspecified atom stereocenters. The molecule has 184 valence electrons. The molecule has 1 saturated heterocycles. The molecule has 0 radical (unpaired) electrons. The molecule has 0 aromatic carbocycles. The van der Waals surface area contributed by atoms with E-state index in [-0.39, 0.29) is 33.2 Å². The van der Waals surface area contributed by atoms with Crippen molar-refractivity contribution >= 4 is 57.8 Å². The molecule has 18 heteroatoms. The molecular formula is C17H16N8O7S3. The molecular weight excluding hydrogens is 524 g/mol. The van der Waals surface area contributed by atoms with E-state index < -0.39 is 46.4 Å². The summed E-state index contributed by atoms with van der Waals surface area (Å²) in [5.41, 5.74) is 3.88. The number of aliphatic carboxylic acids is 1. The van der Waals surface area contributed by atoms with Gasteiger partial charge in [-0.25, -0.2) is 9.78 Å². The Morgan fingerprint density at radius 1 is 1.40 bits per heavy atom. The number of β-lactam (4-membered cyclic amide) rings is 1. The van der Waals surface area contributed by atoms with E-state index in [9.17, 15) is 34.0 Å². The standard InChI is InChI=1S/C17H16N8O7S3/c1-24-17(21-11(27)12(28)22-24)35-3-5-2-33-14-8(13(29)25(14)9(5)15(30)31)20-10(26)7(23-32)6-4-34-16(18)19-6/h4,7-8,14H,2-3H2,1H3,(H2,18,19)(H,20,26)(H,22,28)(H,30,31)/t7?,8-,14-/m1/s1. The van der Waals surface area contributed by atoms with Crippen LogP contribution < -0.4 is 22.2 Å². The van der Waals surface area contributed by atoms with Gasteiger partial charge in [-0.1, -0.05) is 11.8 Å². The average molecular weight is 541 g/mol. The van der Waals surface area contributed by atoms with Crippen molar-refractivity contribution in [1.82, 2.24) is 30.0 Å². The summed E-state index contributed by atoms with van der Waals surface area (Å²) in [6, 6.07) is -2.56. The average Bonchev–Trinajstić information content (AvgIpc) is 3.24. The Balaban J connectivity index is 1.50. The van der Waals surface area contributed by atoms with E-state index in [0.29, 0.717) is 5.57 Å². The first-order valence-corrected chi connectivity index (χ1v) is 12.6. The highest BCUT2D eigenvalue weighted by atomic mass is 32.2. The topological polar surface area (TPSA) is 223 Å². The van der Waals surface area contributed by atoms with Crippen molar-refractivity contribution in [2.24, 2.45) is 12.2 Å². The van der Waals surface area contributed by atoms with Crippen LogP contribution in [-0.4, -0.2) is 70.5 Å². The Labute approximate surface area is 207 Å². The van der Waals surface area contributed by atoms with Crippen molar-refractivity contribution in [3.8, 4) is 0 Å². The van der Waals surface area contributed by atoms with Gasteiger partial charge in [-0.2, -0.15) is 4.98 Å². The number of nitrogens with one attached hydrogen (secondary N) is 2. The van der Waals surface area contributed by atoms with Gasteiger partial charge in [0.25, 0.3) is 11.8 Å². The molecule has 0 aliphatic carbocycles. The van der Waals surface area contributed by atoms with E-state index in [1.165, 1.54) is 28.9 Å². The number of thioether (sulfide) groups is 2. The Morgan fingerprint density at radius 3 is 2.77 bits per heavy atom. The van der Waals surface area contributed by atoms with Crippen molar-refractivity contribution in [2.45, 2.75) is 22.6 Å². The number of anilines is 1. The summed E-state index contributed by atoms with van der Waals surface area (Å²) in [7, 11) is 1.47. The van der Waals surface area contributed by atoms with Crippen LogP contribution in [0.5, 0.6) is 0 Å². The zero-order valence-corrected chi connectivity index (χ0v) is 20.1. The fourth-order valence-corrected chi connectivity index (χ4v) is 6.42. The first-order chi connectivity index (χ1) is 16.6. The van der Waals surface area contributed by atoms with Gasteiger partial charge in [-0.15, -0.1) is 28.0 Å². The van der Waals surface area contributed by atoms with Crippen LogP contribution in [0, 0.1) is 4.91 Å². The van der Waals surface area contributed by atoms with Gasteiger partial charge in [0.15, 0.2) is 10.3 Å². The monoisotopic (exact) mass is 540 g/mol. The zero-order valence-electron chi connectivity index (χ0n) is 17.7. The number of nitrogens with two attached hydrogens (primary N) is 1. The summed E-state index contributed by atoms with van der Waals surface area (Å²) in [4.78, 5) is 80.1. The zero-order chi connectivity index (χ0) is 25.4. The van der Waals surface area contributed by atoms with Gasteiger partial charge < -0.3 is 16.2 Å². The fourth-order valence-electron chi connectivity index (χ4n) is 3.43. The minimum Gasteiger partial charge on any atom is -0.477 e. The van der Waals surface area contributed by atoms with Crippen molar-refractivity contribution in [2.75, 3.05) is 17.2 Å². The molecule has 0 spiro atoms. The number of amides is 2. The number of aromatic amines is 1. The van der Waals surface area contributed by atoms with Crippen LogP contribution >= 0.6 is 34.9 Å². The van der Waals surface area contributed by atoms with E-state index in [4.69, 9.17) is 5.73 Å². The number of aromatic nitrogens is 4. The van der Waals surface area contributed by atoms with Crippen LogP contribution in [0.25, 0.3) is 0 Å². The highest BCUT2D eigenvalue weighted by Gasteiger charge is 2.54. The lowest BCUT2D eigenvalue weighted by molar-refractivity contribution is -0.150. The molecule has 5 N–H and O–H groups in total. The maximum atomic E-state index is 12.8. The molecule has 4 rings (SSSR count). The maximum Gasteiger partial charge on any atom is 0.352 e. The van der Waals surface area contributed by atoms with Crippen LogP contribution in [0.4, 0.5) is 5.13 Å². The molecule has 1 fully saturated rings. The van der Waals surface area contributed by atoms with E-state index in [1.807, 2.05) is 0 Å².